The highest BCUT2D eigenvalue weighted by Crippen LogP contribution is 2.19. The summed E-state index contributed by atoms with van der Waals surface area (Å²) in [6.07, 6.45) is 0.911. The van der Waals surface area contributed by atoms with Crippen LogP contribution < -0.4 is 10.1 Å². The Morgan fingerprint density at radius 3 is 2.65 bits per heavy atom. The standard InChI is InChI=1S/C15H20N4O/c1-10(2)8-11-9-13(16-3)19-15(17-11)12-6-5-7-14(18-12)20-4/h5-7,9-10H,8H2,1-4H3,(H,16,17,19). The number of hydrogen-bond donors (Lipinski definition) is 1. The van der Waals surface area contributed by atoms with Crippen LogP contribution in [0.15, 0.2) is 24.3 Å². The van der Waals surface area contributed by atoms with Gasteiger partial charge < -0.3 is 10.1 Å². The van der Waals surface area contributed by atoms with E-state index >= 15 is 0 Å². The van der Waals surface area contributed by atoms with E-state index in [9.17, 15) is 0 Å². The number of methoxy groups -OCH3 is 1. The smallest absolute Gasteiger partial charge is 0.213 e. The van der Waals surface area contributed by atoms with Gasteiger partial charge in [-0.05, 0) is 18.4 Å². The van der Waals surface area contributed by atoms with E-state index in [2.05, 4.69) is 34.1 Å². The molecule has 20 heavy (non-hydrogen) atoms. The lowest BCUT2D eigenvalue weighted by Gasteiger charge is -2.09. The van der Waals surface area contributed by atoms with Crippen LogP contribution in [0.3, 0.4) is 0 Å². The van der Waals surface area contributed by atoms with E-state index in [0.29, 0.717) is 23.3 Å². The van der Waals surface area contributed by atoms with E-state index in [-0.39, 0.29) is 0 Å². The Morgan fingerprint density at radius 1 is 1.20 bits per heavy atom. The second-order valence-electron chi connectivity index (χ2n) is 4.98. The van der Waals surface area contributed by atoms with Crippen LogP contribution in [0.5, 0.6) is 5.88 Å². The molecule has 0 spiro atoms. The van der Waals surface area contributed by atoms with Gasteiger partial charge in [0, 0.05) is 24.9 Å². The molecule has 5 nitrogen and oxygen atoms in total. The Labute approximate surface area is 119 Å². The van der Waals surface area contributed by atoms with Crippen molar-refractivity contribution in [3.63, 3.8) is 0 Å². The van der Waals surface area contributed by atoms with E-state index in [4.69, 9.17) is 4.74 Å². The Kier molecular flexibility index (Phi) is 4.50. The monoisotopic (exact) mass is 272 g/mol. The normalized spacial score (nSPS) is 10.7. The zero-order valence-corrected chi connectivity index (χ0v) is 12.3. The Balaban J connectivity index is 2.43. The van der Waals surface area contributed by atoms with Crippen LogP contribution in [0, 0.1) is 5.92 Å². The van der Waals surface area contributed by atoms with E-state index in [0.717, 1.165) is 17.9 Å². The van der Waals surface area contributed by atoms with E-state index in [1.807, 2.05) is 25.2 Å². The lowest BCUT2D eigenvalue weighted by molar-refractivity contribution is 0.398. The van der Waals surface area contributed by atoms with E-state index in [1.54, 1.807) is 13.2 Å². The molecule has 2 aromatic rings. The van der Waals surface area contributed by atoms with Crippen molar-refractivity contribution in [1.82, 2.24) is 15.0 Å². The average molecular weight is 272 g/mol. The molecule has 0 aliphatic carbocycles. The lowest BCUT2D eigenvalue weighted by Crippen LogP contribution is -2.04. The Morgan fingerprint density at radius 2 is 2.00 bits per heavy atom. The van der Waals surface area contributed by atoms with Gasteiger partial charge in [-0.2, -0.15) is 0 Å². The van der Waals surface area contributed by atoms with E-state index < -0.39 is 0 Å². The van der Waals surface area contributed by atoms with E-state index in [1.165, 1.54) is 0 Å². The molecule has 0 atom stereocenters. The number of aromatic nitrogens is 3. The van der Waals surface area contributed by atoms with Crippen LogP contribution in [0.1, 0.15) is 19.5 Å². The fraction of sp³-hybridized carbons (Fsp3) is 0.400. The molecule has 0 unspecified atom stereocenters. The molecule has 0 amide bonds. The zero-order valence-electron chi connectivity index (χ0n) is 12.3. The topological polar surface area (TPSA) is 59.9 Å². The summed E-state index contributed by atoms with van der Waals surface area (Å²) in [5.74, 6) is 2.52. The van der Waals surface area contributed by atoms with Gasteiger partial charge >= 0.3 is 0 Å². The fourth-order valence-electron chi connectivity index (χ4n) is 1.92. The molecule has 0 bridgehead atoms. The van der Waals surface area contributed by atoms with Crippen LogP contribution >= 0.6 is 0 Å². The molecule has 0 radical (unpaired) electrons. The summed E-state index contributed by atoms with van der Waals surface area (Å²) in [5, 5.41) is 3.07. The molecule has 2 aromatic heterocycles. The summed E-state index contributed by atoms with van der Waals surface area (Å²) in [5.41, 5.74) is 1.73. The molecule has 2 rings (SSSR count). The molecule has 0 saturated carbocycles. The highest BCUT2D eigenvalue weighted by molar-refractivity contribution is 5.53. The van der Waals surface area contributed by atoms with Gasteiger partial charge in [0.1, 0.15) is 11.5 Å². The number of nitrogens with one attached hydrogen (secondary N) is 1. The number of hydrogen-bond acceptors (Lipinski definition) is 5. The van der Waals surface area contributed by atoms with Crippen molar-refractivity contribution in [2.45, 2.75) is 20.3 Å². The molecule has 2 heterocycles. The van der Waals surface area contributed by atoms with Crippen molar-refractivity contribution < 1.29 is 4.74 Å². The van der Waals surface area contributed by atoms with Crippen LogP contribution in [0.4, 0.5) is 5.82 Å². The average Bonchev–Trinajstić information content (AvgIpc) is 2.46. The highest BCUT2D eigenvalue weighted by atomic mass is 16.5. The van der Waals surface area contributed by atoms with Crippen molar-refractivity contribution in [3.05, 3.63) is 30.0 Å². The third kappa shape index (κ3) is 3.44. The first-order valence-corrected chi connectivity index (χ1v) is 6.69. The van der Waals surface area contributed by atoms with Crippen molar-refractivity contribution in [2.24, 2.45) is 5.92 Å². The minimum Gasteiger partial charge on any atom is -0.481 e. The molecule has 0 aromatic carbocycles. The lowest BCUT2D eigenvalue weighted by atomic mass is 10.1. The number of anilines is 1. The number of rotatable bonds is 5. The SMILES string of the molecule is CNc1cc(CC(C)C)nc(-c2cccc(OC)n2)n1. The van der Waals surface area contributed by atoms with Gasteiger partial charge in [0.2, 0.25) is 5.88 Å². The molecule has 1 N–H and O–H groups in total. The molecule has 0 fully saturated rings. The fourth-order valence-corrected chi connectivity index (χ4v) is 1.92. The van der Waals surface area contributed by atoms with Crippen LogP contribution in [0.25, 0.3) is 11.5 Å². The number of ether oxygens (including phenoxy) is 1. The summed E-state index contributed by atoms with van der Waals surface area (Å²) in [4.78, 5) is 13.4. The predicted molar refractivity (Wildman–Crippen MR) is 79.9 cm³/mol. The molecule has 5 heteroatoms. The van der Waals surface area contributed by atoms with Gasteiger partial charge in [0.25, 0.3) is 0 Å². The van der Waals surface area contributed by atoms with Crippen molar-refractivity contribution in [1.29, 1.82) is 0 Å². The first kappa shape index (κ1) is 14.2. The molecule has 106 valence electrons. The maximum Gasteiger partial charge on any atom is 0.213 e. The summed E-state index contributed by atoms with van der Waals surface area (Å²) in [6, 6.07) is 7.55. The second-order valence-corrected chi connectivity index (χ2v) is 4.98. The van der Waals surface area contributed by atoms with Gasteiger partial charge in [0.15, 0.2) is 5.82 Å². The molecular weight excluding hydrogens is 252 g/mol. The maximum absolute atomic E-state index is 5.15. The molecule has 0 saturated heterocycles. The molecular formula is C15H20N4O. The van der Waals surface area contributed by atoms with Crippen molar-refractivity contribution in [3.8, 4) is 17.4 Å². The maximum atomic E-state index is 5.15. The zero-order chi connectivity index (χ0) is 14.5. The summed E-state index contributed by atoms with van der Waals surface area (Å²) in [6.45, 7) is 4.34. The molecule has 0 aliphatic rings. The highest BCUT2D eigenvalue weighted by Gasteiger charge is 2.09. The third-order valence-corrected chi connectivity index (χ3v) is 2.81. The van der Waals surface area contributed by atoms with Crippen LogP contribution in [0.2, 0.25) is 0 Å². The quantitative estimate of drug-likeness (QED) is 0.907. The van der Waals surface area contributed by atoms with Gasteiger partial charge in [-0.3, -0.25) is 0 Å². The van der Waals surface area contributed by atoms with Crippen molar-refractivity contribution in [2.75, 3.05) is 19.5 Å². The second kappa shape index (κ2) is 6.32. The summed E-state index contributed by atoms with van der Waals surface area (Å²) >= 11 is 0. The largest absolute Gasteiger partial charge is 0.481 e. The molecule has 0 aliphatic heterocycles. The summed E-state index contributed by atoms with van der Waals surface area (Å²) in [7, 11) is 3.45. The van der Waals surface area contributed by atoms with Crippen molar-refractivity contribution >= 4 is 5.82 Å². The Bertz CT molecular complexity index is 584. The van der Waals surface area contributed by atoms with Crippen LogP contribution in [-0.2, 0) is 6.42 Å². The van der Waals surface area contributed by atoms with Gasteiger partial charge in [-0.25, -0.2) is 15.0 Å². The number of pyridine rings is 1. The number of nitrogens with zero attached hydrogens (tertiary/aromatic N) is 3. The van der Waals surface area contributed by atoms with Gasteiger partial charge in [-0.15, -0.1) is 0 Å². The minimum absolute atomic E-state index is 0.542. The predicted octanol–water partition coefficient (Wildman–Crippen LogP) is 2.79. The van der Waals surface area contributed by atoms with Gasteiger partial charge in [0.05, 0.1) is 7.11 Å². The first-order chi connectivity index (χ1) is 9.62. The first-order valence-electron chi connectivity index (χ1n) is 6.69. The third-order valence-electron chi connectivity index (χ3n) is 2.81. The Hall–Kier alpha value is -2.17. The minimum atomic E-state index is 0.542. The summed E-state index contributed by atoms with van der Waals surface area (Å²) < 4.78 is 5.15. The van der Waals surface area contributed by atoms with Crippen LogP contribution in [-0.4, -0.2) is 29.1 Å². The van der Waals surface area contributed by atoms with Gasteiger partial charge in [-0.1, -0.05) is 19.9 Å².